The first-order chi connectivity index (χ1) is 13.5. The van der Waals surface area contributed by atoms with Crippen LogP contribution in [0.4, 0.5) is 19.0 Å². The van der Waals surface area contributed by atoms with E-state index in [0.717, 1.165) is 6.20 Å². The van der Waals surface area contributed by atoms with Crippen LogP contribution in [0.15, 0.2) is 29.4 Å². The van der Waals surface area contributed by atoms with Crippen LogP contribution in [0.1, 0.15) is 23.1 Å². The van der Waals surface area contributed by atoms with Crippen molar-refractivity contribution in [3.8, 4) is 0 Å². The Labute approximate surface area is 174 Å². The number of aryl methyl sites for hydroxylation is 1. The zero-order chi connectivity index (χ0) is 21.5. The lowest BCUT2D eigenvalue weighted by Crippen LogP contribution is -2.18. The summed E-state index contributed by atoms with van der Waals surface area (Å²) >= 11 is 11.7. The van der Waals surface area contributed by atoms with Gasteiger partial charge in [0.15, 0.2) is 16.7 Å². The normalized spacial score (nSPS) is 14.4. The van der Waals surface area contributed by atoms with Crippen molar-refractivity contribution in [2.75, 3.05) is 11.6 Å². The molecule has 2 aromatic heterocycles. The molecule has 12 heteroatoms. The fraction of sp³-hybridized carbons (Fsp3) is 0.176. The van der Waals surface area contributed by atoms with Gasteiger partial charge in [0.1, 0.15) is 23.5 Å². The minimum Gasteiger partial charge on any atom is -0.354 e. The quantitative estimate of drug-likeness (QED) is 0.460. The highest BCUT2D eigenvalue weighted by Crippen LogP contribution is 2.34. The lowest BCUT2D eigenvalue weighted by atomic mass is 10.1. The molecule has 1 unspecified atom stereocenters. The molecule has 3 aromatic rings. The van der Waals surface area contributed by atoms with Gasteiger partial charge in [0, 0.05) is 23.6 Å². The van der Waals surface area contributed by atoms with Crippen molar-refractivity contribution in [3.63, 3.8) is 0 Å². The molecule has 0 aliphatic rings. The number of anilines is 1. The van der Waals surface area contributed by atoms with Gasteiger partial charge in [-0.3, -0.25) is 0 Å². The number of halogens is 5. The third kappa shape index (κ3) is 4.34. The Hall–Kier alpha value is -2.30. The van der Waals surface area contributed by atoms with Crippen LogP contribution >= 0.6 is 23.2 Å². The maximum absolute atomic E-state index is 14.8. The zero-order valence-corrected chi connectivity index (χ0v) is 17.3. The molecule has 29 heavy (non-hydrogen) atoms. The first-order valence-corrected chi connectivity index (χ1v) is 10.7. The predicted octanol–water partition coefficient (Wildman–Crippen LogP) is 5.07. The van der Waals surface area contributed by atoms with Crippen LogP contribution in [0.3, 0.4) is 0 Å². The third-order valence-corrected chi connectivity index (χ3v) is 5.88. The first-order valence-electron chi connectivity index (χ1n) is 8.00. The first kappa shape index (κ1) is 21.4. The summed E-state index contributed by atoms with van der Waals surface area (Å²) in [5, 5.41) is 2.22. The molecule has 3 rings (SSSR count). The van der Waals surface area contributed by atoms with Crippen LogP contribution in [-0.2, 0) is 9.73 Å². The summed E-state index contributed by atoms with van der Waals surface area (Å²) in [5.74, 6) is -3.14. The Morgan fingerprint density at radius 2 is 1.97 bits per heavy atom. The average Bonchev–Trinajstić information content (AvgIpc) is 3.02. The van der Waals surface area contributed by atoms with Crippen molar-refractivity contribution in [3.05, 3.63) is 69.0 Å². The SMILES string of the molecule is Cc1[nH]c([C@H](Nc2ncc(F)cc2F)c2ccc(Cl)c(Cl)c2F)nc1S(C)(=N)=O. The van der Waals surface area contributed by atoms with E-state index in [1.54, 1.807) is 6.92 Å². The highest BCUT2D eigenvalue weighted by atomic mass is 35.5. The molecule has 0 amide bonds. The number of hydrogen-bond acceptors (Lipinski definition) is 5. The van der Waals surface area contributed by atoms with Crippen LogP contribution in [0.2, 0.25) is 10.0 Å². The number of aromatic amines is 1. The smallest absolute Gasteiger partial charge is 0.168 e. The summed E-state index contributed by atoms with van der Waals surface area (Å²) < 4.78 is 62.1. The molecule has 0 bridgehead atoms. The minimum absolute atomic E-state index is 0.0298. The zero-order valence-electron chi connectivity index (χ0n) is 15.0. The van der Waals surface area contributed by atoms with Gasteiger partial charge in [-0.2, -0.15) is 0 Å². The standard InChI is InChI=1S/C17H14Cl2F3N5OS/c1-7-17(29(2,23)28)27-16(25-7)14(9-3-4-10(18)12(19)13(9)22)26-15-11(21)5-8(20)6-24-15/h3-6,14,23H,1-2H3,(H,24,26)(H,25,27)/t14-,29?/m1/s1. The number of H-pyrrole nitrogens is 1. The highest BCUT2D eigenvalue weighted by Gasteiger charge is 2.27. The van der Waals surface area contributed by atoms with Gasteiger partial charge >= 0.3 is 0 Å². The van der Waals surface area contributed by atoms with Gasteiger partial charge in [-0.25, -0.2) is 32.1 Å². The van der Waals surface area contributed by atoms with Crippen LogP contribution in [0, 0.1) is 29.2 Å². The largest absolute Gasteiger partial charge is 0.354 e. The van der Waals surface area contributed by atoms with E-state index in [1.807, 2.05) is 0 Å². The number of nitrogens with one attached hydrogen (secondary N) is 3. The summed E-state index contributed by atoms with van der Waals surface area (Å²) in [4.78, 5) is 10.6. The van der Waals surface area contributed by atoms with Gasteiger partial charge in [0.2, 0.25) is 0 Å². The highest BCUT2D eigenvalue weighted by molar-refractivity contribution is 7.91. The summed E-state index contributed by atoms with van der Waals surface area (Å²) in [5.41, 5.74) is 0.250. The Bertz CT molecular complexity index is 1200. The Morgan fingerprint density at radius 1 is 1.28 bits per heavy atom. The van der Waals surface area contributed by atoms with Crippen molar-refractivity contribution < 1.29 is 17.4 Å². The Morgan fingerprint density at radius 3 is 2.55 bits per heavy atom. The van der Waals surface area contributed by atoms with E-state index >= 15 is 0 Å². The molecule has 2 atom stereocenters. The van der Waals surface area contributed by atoms with Gasteiger partial charge in [-0.1, -0.05) is 29.3 Å². The lowest BCUT2D eigenvalue weighted by Gasteiger charge is -2.19. The summed E-state index contributed by atoms with van der Waals surface area (Å²) in [6, 6.07) is 2.07. The Kier molecular flexibility index (Phi) is 5.79. The molecule has 0 aliphatic carbocycles. The van der Waals surface area contributed by atoms with Crippen molar-refractivity contribution >= 4 is 38.7 Å². The average molecular weight is 464 g/mol. The maximum atomic E-state index is 14.8. The number of imidazole rings is 1. The number of pyridine rings is 1. The summed E-state index contributed by atoms with van der Waals surface area (Å²) in [6.07, 6.45) is 1.97. The molecular formula is C17H14Cl2F3N5OS. The van der Waals surface area contributed by atoms with E-state index in [1.165, 1.54) is 18.4 Å². The number of nitrogens with zero attached hydrogens (tertiary/aromatic N) is 2. The number of benzene rings is 1. The topological polar surface area (TPSA) is 94.5 Å². The second-order valence-electron chi connectivity index (χ2n) is 6.22. The monoisotopic (exact) mass is 463 g/mol. The van der Waals surface area contributed by atoms with Crippen LogP contribution in [0.5, 0.6) is 0 Å². The molecule has 0 spiro atoms. The molecule has 0 fully saturated rings. The van der Waals surface area contributed by atoms with E-state index in [4.69, 9.17) is 28.0 Å². The van der Waals surface area contributed by atoms with E-state index in [9.17, 15) is 17.4 Å². The molecule has 6 nitrogen and oxygen atoms in total. The van der Waals surface area contributed by atoms with E-state index in [2.05, 4.69) is 20.3 Å². The molecule has 154 valence electrons. The Balaban J connectivity index is 2.18. The maximum Gasteiger partial charge on any atom is 0.168 e. The molecule has 2 heterocycles. The van der Waals surface area contributed by atoms with Crippen LogP contribution < -0.4 is 5.32 Å². The van der Waals surface area contributed by atoms with E-state index in [0.29, 0.717) is 11.8 Å². The number of aromatic nitrogens is 3. The van der Waals surface area contributed by atoms with Crippen LogP contribution in [0.25, 0.3) is 0 Å². The van der Waals surface area contributed by atoms with E-state index in [-0.39, 0.29) is 32.3 Å². The van der Waals surface area contributed by atoms with Crippen molar-refractivity contribution in [1.29, 1.82) is 4.78 Å². The molecule has 1 aromatic carbocycles. The van der Waals surface area contributed by atoms with Gasteiger partial charge in [0.05, 0.1) is 26.0 Å². The molecule has 3 N–H and O–H groups in total. The predicted molar refractivity (Wildman–Crippen MR) is 104 cm³/mol. The minimum atomic E-state index is -3.19. The van der Waals surface area contributed by atoms with Crippen molar-refractivity contribution in [2.24, 2.45) is 0 Å². The number of hydrogen-bond donors (Lipinski definition) is 3. The second-order valence-corrected chi connectivity index (χ2v) is 9.08. The summed E-state index contributed by atoms with van der Waals surface area (Å²) in [6.45, 7) is 1.54. The van der Waals surface area contributed by atoms with Gasteiger partial charge < -0.3 is 10.3 Å². The lowest BCUT2D eigenvalue weighted by molar-refractivity contribution is 0.571. The number of rotatable bonds is 5. The van der Waals surface area contributed by atoms with Gasteiger partial charge in [-0.05, 0) is 13.0 Å². The van der Waals surface area contributed by atoms with Crippen LogP contribution in [-0.4, -0.2) is 25.4 Å². The third-order valence-electron chi connectivity index (χ3n) is 3.97. The van der Waals surface area contributed by atoms with Crippen molar-refractivity contribution in [1.82, 2.24) is 15.0 Å². The molecule has 0 aliphatic heterocycles. The molecule has 0 saturated carbocycles. The summed E-state index contributed by atoms with van der Waals surface area (Å²) in [7, 11) is -3.19. The fourth-order valence-corrected chi connectivity index (χ4v) is 3.92. The molecule has 0 radical (unpaired) electrons. The van der Waals surface area contributed by atoms with E-state index < -0.39 is 33.2 Å². The molecule has 0 saturated heterocycles. The molecular weight excluding hydrogens is 450 g/mol. The van der Waals surface area contributed by atoms with Gasteiger partial charge in [-0.15, -0.1) is 0 Å². The second kappa shape index (κ2) is 7.85. The van der Waals surface area contributed by atoms with Crippen molar-refractivity contribution in [2.45, 2.75) is 18.0 Å². The fourth-order valence-electron chi connectivity index (χ4n) is 2.70. The van der Waals surface area contributed by atoms with Gasteiger partial charge in [0.25, 0.3) is 0 Å².